The molecule has 1 aromatic carbocycles. The van der Waals surface area contributed by atoms with Crippen molar-refractivity contribution in [1.29, 1.82) is 0 Å². The third-order valence-corrected chi connectivity index (χ3v) is 15.7. The predicted octanol–water partition coefficient (Wildman–Crippen LogP) is 8.65. The lowest BCUT2D eigenvalue weighted by atomic mass is 9.39. The summed E-state index contributed by atoms with van der Waals surface area (Å²) in [5, 5.41) is 29.1. The maximum Gasteiger partial charge on any atom is 0.355 e. The number of aromatic carboxylic acids is 1. The first-order valence-corrected chi connectivity index (χ1v) is 23.2. The molecule has 14 heteroatoms. The van der Waals surface area contributed by atoms with E-state index in [1.54, 1.807) is 11.3 Å². The van der Waals surface area contributed by atoms with Crippen molar-refractivity contribution in [1.82, 2.24) is 39.7 Å². The number of ether oxygens (including phenoxy) is 1. The molecule has 1 saturated heterocycles. The molecule has 4 aromatic heterocycles. The fourth-order valence-corrected chi connectivity index (χ4v) is 14.0. The summed E-state index contributed by atoms with van der Waals surface area (Å²) in [6, 6.07) is 12.5. The van der Waals surface area contributed by atoms with Gasteiger partial charge >= 0.3 is 5.97 Å². The zero-order chi connectivity index (χ0) is 42.3. The van der Waals surface area contributed by atoms with Gasteiger partial charge in [-0.3, -0.25) is 14.5 Å². The van der Waals surface area contributed by atoms with E-state index in [0.29, 0.717) is 35.6 Å². The Morgan fingerprint density at radius 3 is 2.43 bits per heavy atom. The smallest absolute Gasteiger partial charge is 0.355 e. The number of benzene rings is 1. The van der Waals surface area contributed by atoms with Crippen LogP contribution in [-0.2, 0) is 17.7 Å². The second-order valence-electron chi connectivity index (χ2n) is 20.2. The van der Waals surface area contributed by atoms with Crippen LogP contribution in [-0.4, -0.2) is 108 Å². The van der Waals surface area contributed by atoms with Crippen LogP contribution in [0.25, 0.3) is 21.3 Å². The van der Waals surface area contributed by atoms with Crippen LogP contribution in [0.4, 0.5) is 22.6 Å². The standard InChI is InChI=1S/C47H60N10O3S/c1-30(2)55-18-16-54(17-19-55)20-21-60-47-26-44(5)23-45(6,27-47)25-46(24-44,28-47)29-57-32(4)35(22-48-57)34-13-14-38(50-39(34)42(58)59)56-15-9-10-33-31(3)40(52-53-41(33)56)51-43-49-36-11-7-8-12-37(36)61-43/h7-8,11-14,22,30H,9-10,15-21,23-29H2,1-6H3,(H,58,59)(H,49,51,52)/t44-,45+,46+,47-. The Bertz CT molecular complexity index is 2440. The molecule has 6 aliphatic rings. The van der Waals surface area contributed by atoms with E-state index in [9.17, 15) is 9.90 Å². The summed E-state index contributed by atoms with van der Waals surface area (Å²) >= 11 is 1.58. The maximum absolute atomic E-state index is 13.0. The van der Waals surface area contributed by atoms with E-state index in [1.807, 2.05) is 41.4 Å². The van der Waals surface area contributed by atoms with Crippen molar-refractivity contribution >= 4 is 50.1 Å². The highest BCUT2D eigenvalue weighted by Crippen LogP contribution is 2.72. The van der Waals surface area contributed by atoms with Crippen LogP contribution in [0, 0.1) is 30.1 Å². The first-order valence-electron chi connectivity index (χ1n) is 22.4. The van der Waals surface area contributed by atoms with E-state index in [-0.39, 0.29) is 27.5 Å². The Morgan fingerprint density at radius 1 is 0.918 bits per heavy atom. The molecule has 6 heterocycles. The molecular formula is C47H60N10O3S. The number of nitrogens with one attached hydrogen (secondary N) is 1. The van der Waals surface area contributed by atoms with Gasteiger partial charge in [-0.15, -0.1) is 10.2 Å². The molecule has 5 aromatic rings. The van der Waals surface area contributed by atoms with Gasteiger partial charge in [0.05, 0.1) is 28.6 Å². The third-order valence-electron chi connectivity index (χ3n) is 14.7. The lowest BCUT2D eigenvalue weighted by molar-refractivity contribution is -0.249. The summed E-state index contributed by atoms with van der Waals surface area (Å²) in [6.07, 6.45) is 10.5. The molecule has 61 heavy (non-hydrogen) atoms. The van der Waals surface area contributed by atoms with E-state index in [4.69, 9.17) is 19.8 Å². The van der Waals surface area contributed by atoms with Gasteiger partial charge in [0.15, 0.2) is 22.5 Å². The number of anilines is 4. The zero-order valence-corrected chi connectivity index (χ0v) is 37.4. The Hall–Kier alpha value is -4.50. The van der Waals surface area contributed by atoms with Gasteiger partial charge in [-0.2, -0.15) is 5.10 Å². The summed E-state index contributed by atoms with van der Waals surface area (Å²) in [6.45, 7) is 21.5. The van der Waals surface area contributed by atoms with Gasteiger partial charge in [0.1, 0.15) is 5.82 Å². The number of nitrogens with zero attached hydrogens (tertiary/aromatic N) is 9. The highest BCUT2D eigenvalue weighted by atomic mass is 32.1. The first kappa shape index (κ1) is 40.6. The Morgan fingerprint density at radius 2 is 1.69 bits per heavy atom. The molecule has 4 bridgehead atoms. The fourth-order valence-electron chi connectivity index (χ4n) is 13.2. The number of pyridine rings is 1. The van der Waals surface area contributed by atoms with Crippen molar-refractivity contribution in [3.05, 3.63) is 65.1 Å². The highest BCUT2D eigenvalue weighted by molar-refractivity contribution is 7.22. The van der Waals surface area contributed by atoms with Crippen molar-refractivity contribution in [2.24, 2.45) is 16.2 Å². The number of rotatable bonds is 12. The minimum Gasteiger partial charge on any atom is -0.476 e. The van der Waals surface area contributed by atoms with E-state index in [1.165, 1.54) is 19.3 Å². The lowest BCUT2D eigenvalue weighted by Crippen LogP contribution is -2.64. The molecule has 11 rings (SSSR count). The van der Waals surface area contributed by atoms with Crippen LogP contribution >= 0.6 is 11.3 Å². The fraction of sp³-hybridized carbons (Fsp3) is 0.574. The average Bonchev–Trinajstić information content (AvgIpc) is 3.79. The normalized spacial score (nSPS) is 27.6. The van der Waals surface area contributed by atoms with Crippen LogP contribution in [0.1, 0.15) is 99.9 Å². The van der Waals surface area contributed by atoms with Crippen LogP contribution in [0.5, 0.6) is 0 Å². The number of fused-ring (bicyclic) bond motifs is 2. The van der Waals surface area contributed by atoms with Crippen molar-refractivity contribution in [2.75, 3.05) is 56.1 Å². The topological polar surface area (TPSA) is 138 Å². The molecule has 0 spiro atoms. The largest absolute Gasteiger partial charge is 0.476 e. The number of hydrogen-bond acceptors (Lipinski definition) is 12. The molecule has 13 nitrogen and oxygen atoms in total. The van der Waals surface area contributed by atoms with Gasteiger partial charge in [0.25, 0.3) is 0 Å². The van der Waals surface area contributed by atoms with Crippen molar-refractivity contribution < 1.29 is 14.6 Å². The monoisotopic (exact) mass is 844 g/mol. The number of carboxylic acid groups (broad SMARTS) is 1. The minimum atomic E-state index is -1.07. The van der Waals surface area contributed by atoms with E-state index >= 15 is 0 Å². The Balaban J connectivity index is 0.874. The van der Waals surface area contributed by atoms with Crippen molar-refractivity contribution in [3.8, 4) is 11.1 Å². The summed E-state index contributed by atoms with van der Waals surface area (Å²) in [5.41, 5.74) is 5.81. The maximum atomic E-state index is 13.0. The van der Waals surface area contributed by atoms with Gasteiger partial charge in [0, 0.05) is 79.8 Å². The van der Waals surface area contributed by atoms with Gasteiger partial charge in [-0.05, 0) is 120 Å². The summed E-state index contributed by atoms with van der Waals surface area (Å²) in [4.78, 5) is 29.7. The summed E-state index contributed by atoms with van der Waals surface area (Å²) in [7, 11) is 0. The van der Waals surface area contributed by atoms with E-state index < -0.39 is 5.97 Å². The SMILES string of the molecule is Cc1c(Nc2nc3ccccc3s2)nnc2c1CCCN2c1ccc(-c2cnn(C[C@]34C[C@]5(C)C[C@](C)(C3)C[C@@](OCCN3CCN(C(C)C)CC3)(C5)C4)c2C)c(C(=O)O)n1. The number of hydrogen-bond donors (Lipinski definition) is 2. The van der Waals surface area contributed by atoms with Crippen LogP contribution in [0.2, 0.25) is 0 Å². The van der Waals surface area contributed by atoms with Gasteiger partial charge < -0.3 is 20.1 Å². The number of para-hydroxylation sites is 1. The summed E-state index contributed by atoms with van der Waals surface area (Å²) in [5.74, 6) is 0.864. The zero-order valence-electron chi connectivity index (χ0n) is 36.6. The second kappa shape index (κ2) is 15.1. The molecule has 0 radical (unpaired) electrons. The molecule has 2 aliphatic heterocycles. The molecule has 5 fully saturated rings. The molecular weight excluding hydrogens is 785 g/mol. The molecule has 0 amide bonds. The Kier molecular flexibility index (Phi) is 10.0. The summed E-state index contributed by atoms with van der Waals surface area (Å²) < 4.78 is 10.4. The number of thiazole rings is 1. The van der Waals surface area contributed by atoms with Crippen LogP contribution in [0.3, 0.4) is 0 Å². The number of aromatic nitrogens is 6. The highest BCUT2D eigenvalue weighted by Gasteiger charge is 2.66. The third kappa shape index (κ3) is 7.50. The molecule has 322 valence electrons. The van der Waals surface area contributed by atoms with E-state index in [0.717, 1.165) is 116 Å². The van der Waals surface area contributed by atoms with Crippen LogP contribution < -0.4 is 10.2 Å². The van der Waals surface area contributed by atoms with Gasteiger partial charge in [-0.1, -0.05) is 37.3 Å². The Labute approximate surface area is 362 Å². The molecule has 4 aliphatic carbocycles. The number of carboxylic acids is 1. The molecule has 4 saturated carbocycles. The van der Waals surface area contributed by atoms with Crippen molar-refractivity contribution in [2.45, 2.75) is 111 Å². The van der Waals surface area contributed by atoms with Crippen LogP contribution in [0.15, 0.2) is 42.6 Å². The second-order valence-corrected chi connectivity index (χ2v) is 21.2. The predicted molar refractivity (Wildman–Crippen MR) is 240 cm³/mol. The quantitative estimate of drug-likeness (QED) is 0.124. The van der Waals surface area contributed by atoms with Gasteiger partial charge in [-0.25, -0.2) is 14.8 Å². The molecule has 0 unspecified atom stereocenters. The van der Waals surface area contributed by atoms with Gasteiger partial charge in [0.2, 0.25) is 0 Å². The number of carbonyl (C=O) groups is 1. The molecule has 4 atom stereocenters. The first-order chi connectivity index (χ1) is 29.2. The van der Waals surface area contributed by atoms with Crippen molar-refractivity contribution in [3.63, 3.8) is 0 Å². The minimum absolute atomic E-state index is 0.0128. The van der Waals surface area contributed by atoms with E-state index in [2.05, 4.69) is 77.6 Å². The number of piperazine rings is 1. The lowest BCUT2D eigenvalue weighted by Gasteiger charge is -2.69. The molecule has 2 N–H and O–H groups in total. The average molecular weight is 845 g/mol.